The average molecular weight is 303 g/mol. The van der Waals surface area contributed by atoms with E-state index in [4.69, 9.17) is 4.74 Å². The lowest BCUT2D eigenvalue weighted by Crippen LogP contribution is -2.65. The highest BCUT2D eigenvalue weighted by Crippen LogP contribution is 2.55. The third-order valence-corrected chi connectivity index (χ3v) is 6.24. The summed E-state index contributed by atoms with van der Waals surface area (Å²) in [5.41, 5.74) is 1.60. The van der Waals surface area contributed by atoms with Gasteiger partial charge in [-0.2, -0.15) is 0 Å². The summed E-state index contributed by atoms with van der Waals surface area (Å²) in [7, 11) is 0. The summed E-state index contributed by atoms with van der Waals surface area (Å²) in [6.07, 6.45) is 11.7. The maximum absolute atomic E-state index is 6.04. The predicted molar refractivity (Wildman–Crippen MR) is 86.9 cm³/mol. The molecule has 2 fully saturated rings. The average Bonchev–Trinajstić information content (AvgIpc) is 3.12. The zero-order valence-corrected chi connectivity index (χ0v) is 14.0. The molecule has 2 aliphatic carbocycles. The van der Waals surface area contributed by atoms with Crippen LogP contribution in [0.4, 0.5) is 0 Å². The normalized spacial score (nSPS) is 32.9. The molecule has 1 spiro atoms. The van der Waals surface area contributed by atoms with Crippen LogP contribution in [0.25, 0.3) is 0 Å². The summed E-state index contributed by atoms with van der Waals surface area (Å²) in [5.74, 6) is 1.27. The summed E-state index contributed by atoms with van der Waals surface area (Å²) < 4.78 is 8.40. The number of nitrogens with one attached hydrogen (secondary N) is 1. The molecule has 3 aliphatic rings. The van der Waals surface area contributed by atoms with Crippen LogP contribution in [0.3, 0.4) is 0 Å². The fourth-order valence-electron chi connectivity index (χ4n) is 5.13. The Morgan fingerprint density at radius 1 is 1.41 bits per heavy atom. The van der Waals surface area contributed by atoms with Crippen molar-refractivity contribution in [2.45, 2.75) is 83.5 Å². The van der Waals surface area contributed by atoms with Gasteiger partial charge in [-0.05, 0) is 39.5 Å². The summed E-state index contributed by atoms with van der Waals surface area (Å²) in [5, 5.41) is 4.00. The van der Waals surface area contributed by atoms with Gasteiger partial charge in [0.25, 0.3) is 0 Å². The summed E-state index contributed by atoms with van der Waals surface area (Å²) in [4.78, 5) is 4.62. The minimum absolute atomic E-state index is 0.446. The quantitative estimate of drug-likeness (QED) is 0.929. The number of nitrogens with zero attached hydrogens (tertiary/aromatic N) is 2. The van der Waals surface area contributed by atoms with E-state index in [1.807, 2.05) is 0 Å². The number of aryl methyl sites for hydroxylation is 2. The first-order valence-corrected chi connectivity index (χ1v) is 9.11. The Bertz CT molecular complexity index is 532. The Morgan fingerprint density at radius 2 is 2.23 bits per heavy atom. The lowest BCUT2D eigenvalue weighted by Gasteiger charge is -2.55. The lowest BCUT2D eigenvalue weighted by atomic mass is 9.60. The van der Waals surface area contributed by atoms with E-state index in [9.17, 15) is 0 Å². The minimum atomic E-state index is 0.446. The van der Waals surface area contributed by atoms with Crippen molar-refractivity contribution in [3.05, 3.63) is 17.7 Å². The van der Waals surface area contributed by atoms with Gasteiger partial charge in [-0.25, -0.2) is 4.98 Å². The molecule has 4 heteroatoms. The molecule has 3 atom stereocenters. The lowest BCUT2D eigenvalue weighted by molar-refractivity contribution is -0.133. The molecule has 1 aromatic rings. The van der Waals surface area contributed by atoms with Crippen LogP contribution in [0.15, 0.2) is 6.20 Å². The van der Waals surface area contributed by atoms with Crippen molar-refractivity contribution in [3.63, 3.8) is 0 Å². The van der Waals surface area contributed by atoms with Gasteiger partial charge < -0.3 is 14.6 Å². The number of ether oxygens (including phenoxy) is 1. The fourth-order valence-corrected chi connectivity index (χ4v) is 5.13. The number of rotatable bonds is 4. The molecule has 0 saturated heterocycles. The molecule has 4 nitrogen and oxygen atoms in total. The monoisotopic (exact) mass is 303 g/mol. The first-order chi connectivity index (χ1) is 10.7. The van der Waals surface area contributed by atoms with Crippen LogP contribution in [-0.4, -0.2) is 34.3 Å². The van der Waals surface area contributed by atoms with E-state index in [1.54, 1.807) is 0 Å². The Hall–Kier alpha value is -0.870. The Morgan fingerprint density at radius 3 is 3.00 bits per heavy atom. The van der Waals surface area contributed by atoms with Crippen molar-refractivity contribution >= 4 is 0 Å². The minimum Gasteiger partial charge on any atom is -0.378 e. The molecule has 0 bridgehead atoms. The largest absolute Gasteiger partial charge is 0.378 e. The molecule has 0 radical (unpaired) electrons. The molecular formula is C18H29N3O. The highest BCUT2D eigenvalue weighted by molar-refractivity contribution is 5.12. The van der Waals surface area contributed by atoms with E-state index in [1.165, 1.54) is 44.3 Å². The van der Waals surface area contributed by atoms with Crippen LogP contribution in [-0.2, 0) is 17.7 Å². The van der Waals surface area contributed by atoms with Gasteiger partial charge >= 0.3 is 0 Å². The standard InChI is InChI=1S/C18H29N3O/c1-3-22-16-10-15(18(16)8-4-5-9-18)20-14-6-7-17-19-13(2)11-21(17)12-14/h11,14-16,20H,3-10,12H2,1-2H3/t14-,15-,16-/m1/s1. The van der Waals surface area contributed by atoms with Crippen LogP contribution < -0.4 is 5.32 Å². The van der Waals surface area contributed by atoms with Crippen LogP contribution in [0, 0.1) is 12.3 Å². The van der Waals surface area contributed by atoms with Gasteiger partial charge in [-0.3, -0.25) is 0 Å². The Kier molecular flexibility index (Phi) is 3.77. The summed E-state index contributed by atoms with van der Waals surface area (Å²) in [6.45, 7) is 6.18. The van der Waals surface area contributed by atoms with E-state index in [0.29, 0.717) is 23.6 Å². The van der Waals surface area contributed by atoms with E-state index in [0.717, 1.165) is 25.3 Å². The number of fused-ring (bicyclic) bond motifs is 1. The maximum atomic E-state index is 6.04. The molecule has 4 rings (SSSR count). The molecule has 0 unspecified atom stereocenters. The number of aromatic nitrogens is 2. The van der Waals surface area contributed by atoms with Crippen LogP contribution in [0.5, 0.6) is 0 Å². The van der Waals surface area contributed by atoms with Gasteiger partial charge in [0.05, 0.1) is 11.8 Å². The molecule has 2 heterocycles. The van der Waals surface area contributed by atoms with E-state index in [-0.39, 0.29) is 0 Å². The van der Waals surface area contributed by atoms with Crippen LogP contribution in [0.1, 0.15) is 57.0 Å². The van der Waals surface area contributed by atoms with Gasteiger partial charge in [0.15, 0.2) is 0 Å². The van der Waals surface area contributed by atoms with Gasteiger partial charge in [0.1, 0.15) is 5.82 Å². The fraction of sp³-hybridized carbons (Fsp3) is 0.833. The molecule has 1 aromatic heterocycles. The van der Waals surface area contributed by atoms with Crippen molar-refractivity contribution in [3.8, 4) is 0 Å². The number of imidazole rings is 1. The van der Waals surface area contributed by atoms with Crippen LogP contribution in [0.2, 0.25) is 0 Å². The van der Waals surface area contributed by atoms with E-state index < -0.39 is 0 Å². The van der Waals surface area contributed by atoms with Crippen molar-refractivity contribution in [2.24, 2.45) is 5.41 Å². The highest BCUT2D eigenvalue weighted by atomic mass is 16.5. The third-order valence-electron chi connectivity index (χ3n) is 6.24. The molecule has 122 valence electrons. The van der Waals surface area contributed by atoms with Crippen molar-refractivity contribution in [2.75, 3.05) is 6.61 Å². The smallest absolute Gasteiger partial charge is 0.109 e. The molecule has 1 N–H and O–H groups in total. The van der Waals surface area contributed by atoms with Gasteiger partial charge in [0.2, 0.25) is 0 Å². The molecule has 1 aliphatic heterocycles. The topological polar surface area (TPSA) is 39.1 Å². The van der Waals surface area contributed by atoms with Gasteiger partial charge in [-0.1, -0.05) is 12.8 Å². The van der Waals surface area contributed by atoms with Gasteiger partial charge in [0, 0.05) is 43.3 Å². The second kappa shape index (κ2) is 5.64. The molecule has 0 amide bonds. The Balaban J connectivity index is 1.42. The third kappa shape index (κ3) is 2.31. The SMILES string of the molecule is CCO[C@@H]1C[C@@H](N[C@@H]2CCc3nc(C)cn3C2)C12CCCC2. The van der Waals surface area contributed by atoms with Crippen LogP contribution >= 0.6 is 0 Å². The first kappa shape index (κ1) is 14.7. The Labute approximate surface area is 133 Å². The molecule has 22 heavy (non-hydrogen) atoms. The highest BCUT2D eigenvalue weighted by Gasteiger charge is 2.56. The summed E-state index contributed by atoms with van der Waals surface area (Å²) >= 11 is 0. The number of hydrogen-bond donors (Lipinski definition) is 1. The maximum Gasteiger partial charge on any atom is 0.109 e. The van der Waals surface area contributed by atoms with E-state index >= 15 is 0 Å². The van der Waals surface area contributed by atoms with E-state index in [2.05, 4.69) is 34.9 Å². The second-order valence-corrected chi connectivity index (χ2v) is 7.53. The summed E-state index contributed by atoms with van der Waals surface area (Å²) in [6, 6.07) is 1.27. The van der Waals surface area contributed by atoms with Crippen molar-refractivity contribution in [1.29, 1.82) is 0 Å². The predicted octanol–water partition coefficient (Wildman–Crippen LogP) is 2.83. The van der Waals surface area contributed by atoms with Crippen molar-refractivity contribution in [1.82, 2.24) is 14.9 Å². The molecular weight excluding hydrogens is 274 g/mol. The first-order valence-electron chi connectivity index (χ1n) is 9.11. The van der Waals surface area contributed by atoms with Gasteiger partial charge in [-0.15, -0.1) is 0 Å². The molecule has 0 aromatic carbocycles. The zero-order valence-electron chi connectivity index (χ0n) is 14.0. The zero-order chi connectivity index (χ0) is 15.2. The van der Waals surface area contributed by atoms with Crippen molar-refractivity contribution < 1.29 is 4.74 Å². The number of hydrogen-bond acceptors (Lipinski definition) is 3. The second-order valence-electron chi connectivity index (χ2n) is 7.53. The molecule has 2 saturated carbocycles.